The van der Waals surface area contributed by atoms with Crippen LogP contribution in [-0.2, 0) is 13.8 Å². The molecule has 1 saturated carbocycles. The normalized spacial score (nSPS) is 34.8. The average molecular weight is 474 g/mol. The van der Waals surface area contributed by atoms with E-state index in [0.717, 1.165) is 6.92 Å². The van der Waals surface area contributed by atoms with Gasteiger partial charge in [0.05, 0.1) is 11.8 Å². The molecule has 33 heavy (non-hydrogen) atoms. The van der Waals surface area contributed by atoms with Gasteiger partial charge in [0.15, 0.2) is 17.1 Å². The molecule has 172 valence electrons. The number of nitrogen functional groups attached to an aromatic ring is 1. The minimum atomic E-state index is -4.27. The number of alkyl halides is 1. The second-order valence-electron chi connectivity index (χ2n) is 8.16. The quantitative estimate of drug-likeness (QED) is 0.464. The third-order valence-electron chi connectivity index (χ3n) is 6.17. The molecule has 7 atom stereocenters. The van der Waals surface area contributed by atoms with Crippen molar-refractivity contribution in [2.45, 2.75) is 36.5 Å². The zero-order valence-electron chi connectivity index (χ0n) is 17.3. The number of aliphatic hydroxyl groups is 1. The molecule has 1 aromatic carbocycles. The minimum Gasteiger partial charge on any atom is -0.413 e. The van der Waals surface area contributed by atoms with Crippen molar-refractivity contribution in [3.63, 3.8) is 0 Å². The number of nitrogens with zero attached hydrogens (tertiary/aromatic N) is 4. The summed E-state index contributed by atoms with van der Waals surface area (Å²) in [4.78, 5) is 3.90. The second-order valence-corrected chi connectivity index (χ2v) is 9.63. The lowest BCUT2D eigenvalue weighted by molar-refractivity contribution is -0.169. The van der Waals surface area contributed by atoms with Crippen LogP contribution in [0.1, 0.15) is 18.7 Å². The van der Waals surface area contributed by atoms with Gasteiger partial charge in [-0.3, -0.25) is 4.52 Å². The highest BCUT2D eigenvalue weighted by Crippen LogP contribution is 2.64. The highest BCUT2D eigenvalue weighted by atomic mass is 31.2. The van der Waals surface area contributed by atoms with E-state index in [2.05, 4.69) is 10.1 Å². The lowest BCUT2D eigenvalue weighted by Crippen LogP contribution is -2.53. The molecule has 5 N–H and O–H groups in total. The summed E-state index contributed by atoms with van der Waals surface area (Å²) < 4.78 is 46.7. The minimum absolute atomic E-state index is 0.174. The summed E-state index contributed by atoms with van der Waals surface area (Å²) in [7, 11) is -4.27. The third-order valence-corrected chi connectivity index (χ3v) is 7.16. The van der Waals surface area contributed by atoms with Crippen LogP contribution in [0.4, 0.5) is 10.2 Å². The first-order valence-corrected chi connectivity index (χ1v) is 11.6. The number of rotatable bonds is 5. The smallest absolute Gasteiger partial charge is 0.413 e. The number of benzene rings is 1. The van der Waals surface area contributed by atoms with Crippen molar-refractivity contribution in [3.8, 4) is 11.8 Å². The van der Waals surface area contributed by atoms with Crippen LogP contribution in [0.5, 0.6) is 5.75 Å². The molecular weight excluding hydrogens is 454 g/mol. The first kappa shape index (κ1) is 21.8. The monoisotopic (exact) mass is 474 g/mol. The number of para-hydroxylation sites is 1. The molecule has 0 amide bonds. The highest BCUT2D eigenvalue weighted by Gasteiger charge is 2.83. The number of aromatic nitrogens is 3. The molecule has 0 radical (unpaired) electrons. The lowest BCUT2D eigenvalue weighted by Gasteiger charge is -2.39. The fourth-order valence-electron chi connectivity index (χ4n) is 4.38. The number of ether oxygens (including phenoxy) is 1. The number of fused-ring (bicyclic) bond motifs is 2. The molecule has 0 bridgehead atoms. The first-order chi connectivity index (χ1) is 15.6. The molecule has 1 aliphatic heterocycles. The van der Waals surface area contributed by atoms with Gasteiger partial charge in [0.1, 0.15) is 41.8 Å². The predicted octanol–water partition coefficient (Wildman–Crippen LogP) is 1.90. The zero-order chi connectivity index (χ0) is 23.6. The van der Waals surface area contributed by atoms with Crippen LogP contribution >= 0.6 is 7.75 Å². The SMILES string of the molecule is CC1(F)C(C#N)C(c2ccc3c(N)ncnn23)OC2C(OP(N)(=O)Oc3ccccc3)C21O. The maximum absolute atomic E-state index is 16.1. The van der Waals surface area contributed by atoms with Crippen molar-refractivity contribution in [3.05, 3.63) is 54.5 Å². The van der Waals surface area contributed by atoms with Crippen molar-refractivity contribution in [2.24, 2.45) is 11.4 Å². The maximum atomic E-state index is 16.1. The fourth-order valence-corrected chi connectivity index (χ4v) is 5.42. The Hall–Kier alpha value is -3.07. The van der Waals surface area contributed by atoms with E-state index in [1.54, 1.807) is 30.3 Å². The summed E-state index contributed by atoms with van der Waals surface area (Å²) in [6.45, 7) is 1.07. The highest BCUT2D eigenvalue weighted by molar-refractivity contribution is 7.51. The molecule has 7 unspecified atom stereocenters. The first-order valence-electron chi connectivity index (χ1n) is 9.96. The molecule has 13 heteroatoms. The van der Waals surface area contributed by atoms with E-state index in [1.165, 1.54) is 23.0 Å². The molecule has 11 nitrogen and oxygen atoms in total. The Kier molecular flexibility index (Phi) is 4.76. The number of nitrogens with two attached hydrogens (primary N) is 2. The van der Waals surface area contributed by atoms with Gasteiger partial charge in [-0.15, -0.1) is 0 Å². The van der Waals surface area contributed by atoms with Gasteiger partial charge in [-0.2, -0.15) is 10.4 Å². The summed E-state index contributed by atoms with van der Waals surface area (Å²) in [5.74, 6) is -1.10. The summed E-state index contributed by atoms with van der Waals surface area (Å²) in [5.41, 5.74) is 7.56. The number of nitriles is 1. The van der Waals surface area contributed by atoms with E-state index in [-0.39, 0.29) is 11.6 Å². The molecule has 2 aliphatic rings. The molecule has 3 heterocycles. The molecule has 3 aromatic rings. The van der Waals surface area contributed by atoms with Crippen molar-refractivity contribution < 1.29 is 27.8 Å². The largest absolute Gasteiger partial charge is 0.456 e. The molecule has 2 aromatic heterocycles. The van der Waals surface area contributed by atoms with Crippen LogP contribution in [-0.4, -0.2) is 43.2 Å². The number of hydrogen-bond acceptors (Lipinski definition) is 9. The second kappa shape index (κ2) is 7.21. The van der Waals surface area contributed by atoms with Crippen LogP contribution in [0, 0.1) is 17.2 Å². The standard InChI is InChI=1S/C20H20FN6O5P/c1-19(21)12(9-22)15(13-7-8-14-18(23)25-10-26-27(13)14)30-16-17(20(16,19)28)32-33(24,29)31-11-5-3-2-4-6-11/h2-8,10,12,15-17,28H,1H3,(H2,24,29)(H2,23,25,26). The molecule has 5 rings (SSSR count). The van der Waals surface area contributed by atoms with Gasteiger partial charge in [0.25, 0.3) is 0 Å². The fraction of sp³-hybridized carbons (Fsp3) is 0.350. The zero-order valence-corrected chi connectivity index (χ0v) is 18.2. The molecule has 1 aliphatic carbocycles. The summed E-state index contributed by atoms with van der Waals surface area (Å²) in [6, 6.07) is 13.1. The van der Waals surface area contributed by atoms with Gasteiger partial charge in [-0.05, 0) is 31.2 Å². The van der Waals surface area contributed by atoms with Crippen LogP contribution in [0.25, 0.3) is 5.52 Å². The molecule has 2 fully saturated rings. The Balaban J connectivity index is 1.46. The van der Waals surface area contributed by atoms with Crippen LogP contribution in [0.3, 0.4) is 0 Å². The van der Waals surface area contributed by atoms with Gasteiger partial charge in [0, 0.05) is 0 Å². The van der Waals surface area contributed by atoms with Gasteiger partial charge >= 0.3 is 7.75 Å². The molecule has 1 saturated heterocycles. The van der Waals surface area contributed by atoms with Gasteiger partial charge in [-0.1, -0.05) is 18.2 Å². The summed E-state index contributed by atoms with van der Waals surface area (Å²) in [6.07, 6.45) is -2.62. The van der Waals surface area contributed by atoms with E-state index in [9.17, 15) is 14.9 Å². The maximum Gasteiger partial charge on any atom is 0.456 e. The Morgan fingerprint density at radius 1 is 1.33 bits per heavy atom. The Bertz CT molecular complexity index is 1310. The van der Waals surface area contributed by atoms with Crippen LogP contribution < -0.4 is 15.8 Å². The third kappa shape index (κ3) is 3.20. The van der Waals surface area contributed by atoms with E-state index in [4.69, 9.17) is 25.0 Å². The van der Waals surface area contributed by atoms with Gasteiger partial charge in [0.2, 0.25) is 0 Å². The van der Waals surface area contributed by atoms with Gasteiger partial charge < -0.3 is 20.1 Å². The van der Waals surface area contributed by atoms with Gasteiger partial charge in [-0.25, -0.2) is 24.0 Å². The predicted molar refractivity (Wildman–Crippen MR) is 112 cm³/mol. The Labute approximate surface area is 187 Å². The molecular formula is C20H20FN6O5P. The van der Waals surface area contributed by atoms with Crippen molar-refractivity contribution >= 4 is 19.1 Å². The average Bonchev–Trinajstić information content (AvgIpc) is 3.12. The Morgan fingerprint density at radius 3 is 2.76 bits per heavy atom. The van der Waals surface area contributed by atoms with Crippen LogP contribution in [0.15, 0.2) is 48.8 Å². The van der Waals surface area contributed by atoms with Crippen LogP contribution in [0.2, 0.25) is 0 Å². The number of anilines is 1. The number of hydrogen-bond donors (Lipinski definition) is 3. The number of halogens is 1. The molecule has 0 spiro atoms. The van der Waals surface area contributed by atoms with Crippen molar-refractivity contribution in [2.75, 3.05) is 5.73 Å². The lowest BCUT2D eigenvalue weighted by atomic mass is 9.78. The van der Waals surface area contributed by atoms with Crippen molar-refractivity contribution in [1.82, 2.24) is 14.6 Å². The van der Waals surface area contributed by atoms with E-state index in [0.29, 0.717) is 11.2 Å². The Morgan fingerprint density at radius 2 is 2.06 bits per heavy atom. The van der Waals surface area contributed by atoms with E-state index >= 15 is 4.39 Å². The topological polar surface area (TPSA) is 171 Å². The van der Waals surface area contributed by atoms with E-state index in [1.807, 2.05) is 6.07 Å². The summed E-state index contributed by atoms with van der Waals surface area (Å²) >= 11 is 0. The van der Waals surface area contributed by atoms with E-state index < -0.39 is 43.2 Å². The summed E-state index contributed by atoms with van der Waals surface area (Å²) in [5, 5.41) is 25.0. The van der Waals surface area contributed by atoms with Crippen molar-refractivity contribution in [1.29, 1.82) is 5.26 Å².